The number of carbonyl (C=O) groups is 1. The molecule has 88 valence electrons. The minimum absolute atomic E-state index is 0.241. The Balaban J connectivity index is 2.82. The van der Waals surface area contributed by atoms with Crippen molar-refractivity contribution in [3.05, 3.63) is 29.6 Å². The Morgan fingerprint density at radius 2 is 2.38 bits per heavy atom. The fraction of sp³-hybridized carbons (Fsp3) is 0.455. The van der Waals surface area contributed by atoms with E-state index in [9.17, 15) is 9.90 Å². The van der Waals surface area contributed by atoms with Crippen LogP contribution in [0.3, 0.4) is 0 Å². The van der Waals surface area contributed by atoms with E-state index in [2.05, 4.69) is 4.98 Å². The lowest BCUT2D eigenvalue weighted by atomic mass is 10.0. The molecule has 0 aromatic carbocycles. The molecule has 1 aromatic rings. The zero-order valence-corrected chi connectivity index (χ0v) is 9.38. The maximum Gasteiger partial charge on any atom is 0.325 e. The lowest BCUT2D eigenvalue weighted by Crippen LogP contribution is -2.38. The Morgan fingerprint density at radius 1 is 1.69 bits per heavy atom. The molecule has 3 N–H and O–H groups in total. The Bertz CT molecular complexity index is 368. The molecule has 0 aliphatic carbocycles. The first-order valence-corrected chi connectivity index (χ1v) is 5.08. The molecule has 2 atom stereocenters. The van der Waals surface area contributed by atoms with Gasteiger partial charge in [0.1, 0.15) is 12.1 Å². The molecule has 0 amide bonds. The van der Waals surface area contributed by atoms with Crippen molar-refractivity contribution in [1.82, 2.24) is 4.98 Å². The molecule has 0 fully saturated rings. The minimum atomic E-state index is -1.09. The number of aryl methyl sites for hydroxylation is 1. The van der Waals surface area contributed by atoms with E-state index in [1.54, 1.807) is 19.2 Å². The molecule has 0 radical (unpaired) electrons. The van der Waals surface area contributed by atoms with Crippen LogP contribution in [0, 0.1) is 6.92 Å². The second-order valence-electron chi connectivity index (χ2n) is 3.45. The summed E-state index contributed by atoms with van der Waals surface area (Å²) in [6, 6.07) is 0.666. The van der Waals surface area contributed by atoms with Gasteiger partial charge in [0, 0.05) is 18.0 Å². The Morgan fingerprint density at radius 3 is 2.94 bits per heavy atom. The van der Waals surface area contributed by atoms with E-state index >= 15 is 0 Å². The highest BCUT2D eigenvalue weighted by Gasteiger charge is 2.26. The van der Waals surface area contributed by atoms with E-state index in [-0.39, 0.29) is 6.61 Å². The number of esters is 1. The molecule has 0 aliphatic rings. The smallest absolute Gasteiger partial charge is 0.325 e. The molecular weight excluding hydrogens is 208 g/mol. The van der Waals surface area contributed by atoms with Crippen molar-refractivity contribution < 1.29 is 14.6 Å². The maximum absolute atomic E-state index is 11.3. The number of nitrogens with zero attached hydrogens (tertiary/aromatic N) is 1. The molecule has 16 heavy (non-hydrogen) atoms. The summed E-state index contributed by atoms with van der Waals surface area (Å²) in [6.45, 7) is 3.75. The van der Waals surface area contributed by atoms with Gasteiger partial charge >= 0.3 is 5.97 Å². The van der Waals surface area contributed by atoms with Gasteiger partial charge in [0.15, 0.2) is 0 Å². The number of hydrogen-bond acceptors (Lipinski definition) is 5. The molecular formula is C11H16N2O3. The second kappa shape index (κ2) is 5.58. The number of pyridine rings is 1. The summed E-state index contributed by atoms with van der Waals surface area (Å²) in [4.78, 5) is 15.2. The molecule has 1 rings (SSSR count). The Kier molecular flexibility index (Phi) is 4.39. The van der Waals surface area contributed by atoms with Gasteiger partial charge in [0.25, 0.3) is 0 Å². The molecule has 1 aromatic heterocycles. The number of aromatic nitrogens is 1. The van der Waals surface area contributed by atoms with Crippen molar-refractivity contribution in [3.8, 4) is 0 Å². The molecule has 0 bridgehead atoms. The number of aliphatic hydroxyl groups is 1. The number of aliphatic hydroxyl groups excluding tert-OH is 1. The molecule has 5 nitrogen and oxygen atoms in total. The van der Waals surface area contributed by atoms with Gasteiger partial charge in [-0.1, -0.05) is 0 Å². The van der Waals surface area contributed by atoms with Crippen LogP contribution < -0.4 is 5.73 Å². The van der Waals surface area contributed by atoms with Crippen LogP contribution in [0.1, 0.15) is 24.2 Å². The van der Waals surface area contributed by atoms with Gasteiger partial charge in [-0.15, -0.1) is 0 Å². The number of hydrogen-bond donors (Lipinski definition) is 2. The summed E-state index contributed by atoms with van der Waals surface area (Å²) in [5.74, 6) is -0.613. The highest BCUT2D eigenvalue weighted by Crippen LogP contribution is 2.19. The van der Waals surface area contributed by atoms with Crippen LogP contribution in [-0.2, 0) is 9.53 Å². The van der Waals surface area contributed by atoms with E-state index in [0.717, 1.165) is 5.56 Å². The lowest BCUT2D eigenvalue weighted by Gasteiger charge is -2.18. The topological polar surface area (TPSA) is 85.4 Å². The molecule has 0 spiro atoms. The van der Waals surface area contributed by atoms with E-state index < -0.39 is 18.1 Å². The van der Waals surface area contributed by atoms with Crippen LogP contribution in [0.4, 0.5) is 0 Å². The first-order chi connectivity index (χ1) is 7.57. The normalized spacial score (nSPS) is 14.2. The largest absolute Gasteiger partial charge is 0.465 e. The Hall–Kier alpha value is -1.46. The van der Waals surface area contributed by atoms with Crippen LogP contribution in [0.25, 0.3) is 0 Å². The average molecular weight is 224 g/mol. The summed E-state index contributed by atoms with van der Waals surface area (Å²) >= 11 is 0. The average Bonchev–Trinajstić information content (AvgIpc) is 2.28. The first kappa shape index (κ1) is 12.6. The summed E-state index contributed by atoms with van der Waals surface area (Å²) in [6.07, 6.45) is 2.02. The van der Waals surface area contributed by atoms with E-state index in [1.165, 1.54) is 6.20 Å². The summed E-state index contributed by atoms with van der Waals surface area (Å²) in [7, 11) is 0. The number of rotatable bonds is 4. The third kappa shape index (κ3) is 2.77. The second-order valence-corrected chi connectivity index (χ2v) is 3.45. The lowest BCUT2D eigenvalue weighted by molar-refractivity contribution is -0.147. The van der Waals surface area contributed by atoms with Crippen LogP contribution in [0.2, 0.25) is 0 Å². The van der Waals surface area contributed by atoms with Crippen molar-refractivity contribution in [2.75, 3.05) is 6.61 Å². The third-order valence-corrected chi connectivity index (χ3v) is 2.30. The van der Waals surface area contributed by atoms with E-state index in [4.69, 9.17) is 10.5 Å². The predicted molar refractivity (Wildman–Crippen MR) is 58.5 cm³/mol. The van der Waals surface area contributed by atoms with Gasteiger partial charge in [-0.25, -0.2) is 0 Å². The number of nitrogens with two attached hydrogens (primary N) is 1. The van der Waals surface area contributed by atoms with Crippen molar-refractivity contribution in [2.24, 2.45) is 5.73 Å². The van der Waals surface area contributed by atoms with Gasteiger partial charge in [-0.2, -0.15) is 0 Å². The standard InChI is InChI=1S/C11H16N2O3/c1-3-16-11(15)9(12)10(14)8-6-13-5-4-7(8)2/h4-6,9-10,14H,3,12H2,1-2H3/t9-,10+/m0/s1. The molecule has 0 saturated carbocycles. The van der Waals surface area contributed by atoms with Gasteiger partial charge in [-0.05, 0) is 25.5 Å². The van der Waals surface area contributed by atoms with E-state index in [0.29, 0.717) is 5.56 Å². The molecule has 0 aliphatic heterocycles. The van der Waals surface area contributed by atoms with Crippen molar-refractivity contribution in [1.29, 1.82) is 0 Å². The monoisotopic (exact) mass is 224 g/mol. The van der Waals surface area contributed by atoms with E-state index in [1.807, 2.05) is 6.92 Å². The number of carbonyl (C=O) groups excluding carboxylic acids is 1. The minimum Gasteiger partial charge on any atom is -0.465 e. The molecule has 1 heterocycles. The third-order valence-electron chi connectivity index (χ3n) is 2.30. The molecule has 0 saturated heterocycles. The fourth-order valence-corrected chi connectivity index (χ4v) is 1.35. The van der Waals surface area contributed by atoms with Crippen molar-refractivity contribution in [3.63, 3.8) is 0 Å². The van der Waals surface area contributed by atoms with Crippen molar-refractivity contribution in [2.45, 2.75) is 26.0 Å². The van der Waals surface area contributed by atoms with Gasteiger partial charge in [0.05, 0.1) is 6.61 Å². The van der Waals surface area contributed by atoms with Gasteiger partial charge in [0.2, 0.25) is 0 Å². The van der Waals surface area contributed by atoms with Crippen LogP contribution >= 0.6 is 0 Å². The highest BCUT2D eigenvalue weighted by molar-refractivity contribution is 5.76. The number of ether oxygens (including phenoxy) is 1. The zero-order chi connectivity index (χ0) is 12.1. The quantitative estimate of drug-likeness (QED) is 0.719. The highest BCUT2D eigenvalue weighted by atomic mass is 16.5. The summed E-state index contributed by atoms with van der Waals surface area (Å²) in [5.41, 5.74) is 6.98. The summed E-state index contributed by atoms with van der Waals surface area (Å²) in [5, 5.41) is 9.90. The van der Waals surface area contributed by atoms with Gasteiger partial charge in [-0.3, -0.25) is 9.78 Å². The van der Waals surface area contributed by atoms with Crippen LogP contribution in [0.15, 0.2) is 18.5 Å². The summed E-state index contributed by atoms with van der Waals surface area (Å²) < 4.78 is 4.74. The maximum atomic E-state index is 11.3. The first-order valence-electron chi connectivity index (χ1n) is 5.08. The van der Waals surface area contributed by atoms with Crippen LogP contribution in [0.5, 0.6) is 0 Å². The SMILES string of the molecule is CCOC(=O)[C@@H](N)[C@H](O)c1cnccc1C. The van der Waals surface area contributed by atoms with Crippen LogP contribution in [-0.4, -0.2) is 28.7 Å². The molecule has 5 heteroatoms. The predicted octanol–water partition coefficient (Wildman–Crippen LogP) is 0.314. The Labute approximate surface area is 94.2 Å². The fourth-order valence-electron chi connectivity index (χ4n) is 1.35. The zero-order valence-electron chi connectivity index (χ0n) is 9.38. The van der Waals surface area contributed by atoms with Crippen molar-refractivity contribution >= 4 is 5.97 Å². The van der Waals surface area contributed by atoms with Gasteiger partial charge < -0.3 is 15.6 Å². The molecule has 0 unspecified atom stereocenters.